The predicted octanol–water partition coefficient (Wildman–Crippen LogP) is 8.68. The van der Waals surface area contributed by atoms with Gasteiger partial charge in [0, 0.05) is 26.7 Å². The summed E-state index contributed by atoms with van der Waals surface area (Å²) in [5, 5.41) is 7.00. The maximum Gasteiger partial charge on any atom is 0.418 e. The van der Waals surface area contributed by atoms with Crippen molar-refractivity contribution in [1.82, 2.24) is 5.32 Å². The van der Waals surface area contributed by atoms with Crippen molar-refractivity contribution < 1.29 is 32.3 Å². The highest BCUT2D eigenvalue weighted by atomic mass is 35.5. The molecule has 47 heavy (non-hydrogen) atoms. The summed E-state index contributed by atoms with van der Waals surface area (Å²) in [5.41, 5.74) is -0.191. The summed E-state index contributed by atoms with van der Waals surface area (Å²) in [6.45, 7) is 3.97. The molecule has 4 rings (SSSR count). The molecule has 1 atom stereocenters. The standard InChI is InChI=1S/C35H31ClF3N3O4S/c1-3-31(34(45)41-28-18-17-24(36)20-27(28)35(37,38)39)47-26-15-10-14-25(21-26)40-33(44)29(42-32(43)22-11-6-5-7-12-22)19-23-13-8-9-16-30(23)46-4-2/h5-21,31H,3-4H2,1-2H3,(H,40,44)(H,41,45)(H,42,43)/b29-19+. The molecule has 4 aromatic rings. The molecular weight excluding hydrogens is 651 g/mol. The number of alkyl halides is 3. The van der Waals surface area contributed by atoms with E-state index in [1.807, 2.05) is 6.92 Å². The van der Waals surface area contributed by atoms with Crippen molar-refractivity contribution in [3.05, 3.63) is 124 Å². The minimum Gasteiger partial charge on any atom is -0.493 e. The van der Waals surface area contributed by atoms with E-state index in [0.717, 1.165) is 23.9 Å². The van der Waals surface area contributed by atoms with Gasteiger partial charge < -0.3 is 20.7 Å². The zero-order valence-corrected chi connectivity index (χ0v) is 26.9. The quantitative estimate of drug-likeness (QED) is 0.103. The van der Waals surface area contributed by atoms with Crippen molar-refractivity contribution in [1.29, 1.82) is 0 Å². The van der Waals surface area contributed by atoms with Crippen LogP contribution in [0.25, 0.3) is 6.08 Å². The molecule has 0 heterocycles. The largest absolute Gasteiger partial charge is 0.493 e. The number of nitrogens with one attached hydrogen (secondary N) is 3. The fourth-order valence-corrected chi connectivity index (χ4v) is 5.58. The van der Waals surface area contributed by atoms with E-state index in [9.17, 15) is 27.6 Å². The lowest BCUT2D eigenvalue weighted by molar-refractivity contribution is -0.137. The molecule has 0 fully saturated rings. The summed E-state index contributed by atoms with van der Waals surface area (Å²) in [4.78, 5) is 40.3. The maximum absolute atomic E-state index is 13.6. The minimum atomic E-state index is -4.71. The highest BCUT2D eigenvalue weighted by molar-refractivity contribution is 8.00. The Balaban J connectivity index is 1.54. The number of anilines is 2. The third-order valence-corrected chi connectivity index (χ3v) is 8.22. The highest BCUT2D eigenvalue weighted by Crippen LogP contribution is 2.37. The normalized spacial score (nSPS) is 12.2. The number of ether oxygens (including phenoxy) is 1. The van der Waals surface area contributed by atoms with E-state index in [1.54, 1.807) is 85.8 Å². The van der Waals surface area contributed by atoms with Crippen LogP contribution < -0.4 is 20.7 Å². The van der Waals surface area contributed by atoms with E-state index in [4.69, 9.17) is 16.3 Å². The van der Waals surface area contributed by atoms with Crippen LogP contribution in [0.3, 0.4) is 0 Å². The highest BCUT2D eigenvalue weighted by Gasteiger charge is 2.34. The summed E-state index contributed by atoms with van der Waals surface area (Å²) >= 11 is 6.89. The Morgan fingerprint density at radius 1 is 0.894 bits per heavy atom. The minimum absolute atomic E-state index is 0.0432. The average molecular weight is 682 g/mol. The topological polar surface area (TPSA) is 96.5 Å². The summed E-state index contributed by atoms with van der Waals surface area (Å²) in [6, 6.07) is 25.3. The molecule has 3 N–H and O–H groups in total. The van der Waals surface area contributed by atoms with Crippen LogP contribution in [0.2, 0.25) is 5.02 Å². The van der Waals surface area contributed by atoms with Crippen LogP contribution in [0, 0.1) is 0 Å². The van der Waals surface area contributed by atoms with Crippen LogP contribution in [0.5, 0.6) is 5.75 Å². The van der Waals surface area contributed by atoms with Gasteiger partial charge >= 0.3 is 6.18 Å². The Labute approximate surface area is 279 Å². The molecule has 4 aromatic carbocycles. The fourth-order valence-electron chi connectivity index (χ4n) is 4.39. The van der Waals surface area contributed by atoms with Gasteiger partial charge in [0.25, 0.3) is 11.8 Å². The predicted molar refractivity (Wildman–Crippen MR) is 180 cm³/mol. The van der Waals surface area contributed by atoms with Gasteiger partial charge in [0.05, 0.1) is 23.1 Å². The number of thioether (sulfide) groups is 1. The van der Waals surface area contributed by atoms with Crippen molar-refractivity contribution in [2.24, 2.45) is 0 Å². The molecule has 244 valence electrons. The smallest absolute Gasteiger partial charge is 0.418 e. The van der Waals surface area contributed by atoms with Gasteiger partial charge in [-0.3, -0.25) is 14.4 Å². The molecule has 0 aliphatic rings. The zero-order valence-electron chi connectivity index (χ0n) is 25.4. The summed E-state index contributed by atoms with van der Waals surface area (Å²) in [7, 11) is 0. The van der Waals surface area contributed by atoms with Crippen molar-refractivity contribution >= 4 is 58.5 Å². The first kappa shape index (κ1) is 35.1. The molecule has 0 radical (unpaired) electrons. The Hall–Kier alpha value is -4.74. The summed E-state index contributed by atoms with van der Waals surface area (Å²) in [6.07, 6.45) is -2.89. The number of halogens is 4. The molecule has 0 spiro atoms. The second kappa shape index (κ2) is 16.2. The number of amides is 3. The molecule has 0 saturated carbocycles. The van der Waals surface area contributed by atoms with Crippen LogP contribution in [0.4, 0.5) is 24.5 Å². The second-order valence-electron chi connectivity index (χ2n) is 10.0. The first-order valence-electron chi connectivity index (χ1n) is 14.5. The van der Waals surface area contributed by atoms with E-state index in [2.05, 4.69) is 16.0 Å². The van der Waals surface area contributed by atoms with Gasteiger partial charge in [-0.1, -0.05) is 61.0 Å². The van der Waals surface area contributed by atoms with E-state index in [0.29, 0.717) is 40.5 Å². The number of rotatable bonds is 12. The van der Waals surface area contributed by atoms with Crippen LogP contribution in [-0.4, -0.2) is 29.6 Å². The lowest BCUT2D eigenvalue weighted by atomic mass is 10.1. The maximum atomic E-state index is 13.6. The number of carbonyl (C=O) groups excluding carboxylic acids is 3. The molecular formula is C35H31ClF3N3O4S. The van der Waals surface area contributed by atoms with Gasteiger partial charge in [-0.2, -0.15) is 13.2 Å². The molecule has 12 heteroatoms. The van der Waals surface area contributed by atoms with Gasteiger partial charge in [0.1, 0.15) is 11.4 Å². The van der Waals surface area contributed by atoms with Gasteiger partial charge in [-0.25, -0.2) is 0 Å². The Morgan fingerprint density at radius 3 is 2.32 bits per heavy atom. The summed E-state index contributed by atoms with van der Waals surface area (Å²) < 4.78 is 46.4. The van der Waals surface area contributed by atoms with Crippen molar-refractivity contribution in [3.63, 3.8) is 0 Å². The molecule has 3 amide bonds. The van der Waals surface area contributed by atoms with Gasteiger partial charge in [0.15, 0.2) is 0 Å². The second-order valence-corrected chi connectivity index (χ2v) is 11.7. The number of benzene rings is 4. The van der Waals surface area contributed by atoms with Gasteiger partial charge in [0.2, 0.25) is 5.91 Å². The monoisotopic (exact) mass is 681 g/mol. The lowest BCUT2D eigenvalue weighted by Crippen LogP contribution is -2.30. The van der Waals surface area contributed by atoms with Crippen LogP contribution >= 0.6 is 23.4 Å². The third kappa shape index (κ3) is 9.87. The van der Waals surface area contributed by atoms with Crippen LogP contribution in [0.15, 0.2) is 108 Å². The Kier molecular flexibility index (Phi) is 12.1. The molecule has 7 nitrogen and oxygen atoms in total. The van der Waals surface area contributed by atoms with E-state index in [-0.39, 0.29) is 10.7 Å². The summed E-state index contributed by atoms with van der Waals surface area (Å²) in [5.74, 6) is -1.20. The third-order valence-electron chi connectivity index (χ3n) is 6.63. The first-order chi connectivity index (χ1) is 22.5. The van der Waals surface area contributed by atoms with Gasteiger partial charge in [-0.15, -0.1) is 11.8 Å². The van der Waals surface area contributed by atoms with Gasteiger partial charge in [-0.05, 0) is 74.0 Å². The molecule has 1 unspecified atom stereocenters. The lowest BCUT2D eigenvalue weighted by Gasteiger charge is -2.18. The molecule has 0 bridgehead atoms. The number of hydrogen-bond acceptors (Lipinski definition) is 5. The van der Waals surface area contributed by atoms with Crippen LogP contribution in [-0.2, 0) is 15.8 Å². The first-order valence-corrected chi connectivity index (χ1v) is 15.8. The van der Waals surface area contributed by atoms with Crippen LogP contribution in [0.1, 0.15) is 41.8 Å². The number of para-hydroxylation sites is 1. The number of carbonyl (C=O) groups is 3. The van der Waals surface area contributed by atoms with Crippen molar-refractivity contribution in [3.8, 4) is 5.75 Å². The van der Waals surface area contributed by atoms with E-state index < -0.39 is 40.4 Å². The van der Waals surface area contributed by atoms with E-state index in [1.165, 1.54) is 12.1 Å². The van der Waals surface area contributed by atoms with Crippen molar-refractivity contribution in [2.45, 2.75) is 36.6 Å². The fraction of sp³-hybridized carbons (Fsp3) is 0.171. The molecule has 0 saturated heterocycles. The molecule has 0 aliphatic carbocycles. The Bertz CT molecular complexity index is 1770. The average Bonchev–Trinajstić information content (AvgIpc) is 3.05. The van der Waals surface area contributed by atoms with Crippen molar-refractivity contribution in [2.75, 3.05) is 17.2 Å². The molecule has 0 aliphatic heterocycles. The zero-order chi connectivity index (χ0) is 34.0. The number of hydrogen-bond donors (Lipinski definition) is 3. The SMILES string of the molecule is CCOc1ccccc1/C=C(/NC(=O)c1ccccc1)C(=O)Nc1cccc(SC(CC)C(=O)Nc2ccc(Cl)cc2C(F)(F)F)c1. The molecule has 0 aromatic heterocycles. The Morgan fingerprint density at radius 2 is 1.62 bits per heavy atom. The van der Waals surface area contributed by atoms with E-state index >= 15 is 0 Å².